The topological polar surface area (TPSA) is 48.4 Å². The lowest BCUT2D eigenvalue weighted by atomic mass is 10.1. The monoisotopic (exact) mass is 335 g/mol. The lowest BCUT2D eigenvalue weighted by Crippen LogP contribution is -2.18. The van der Waals surface area contributed by atoms with Crippen LogP contribution in [0.4, 0.5) is 11.4 Å². The molecule has 2 N–H and O–H groups in total. The van der Waals surface area contributed by atoms with Crippen LogP contribution in [0.1, 0.15) is 24.5 Å². The molecule has 0 bridgehead atoms. The molecule has 4 heteroatoms. The van der Waals surface area contributed by atoms with Crippen LogP contribution in [0, 0.1) is 6.92 Å². The fourth-order valence-corrected chi connectivity index (χ4v) is 3.06. The number of nitrogens with zero attached hydrogens (tertiary/aromatic N) is 2. The van der Waals surface area contributed by atoms with Gasteiger partial charge in [0, 0.05) is 35.1 Å². The standard InChI is InChI=1S/C21H25N3O/c1-4-11-24(3)14-16-13-17(6-8-21(16)25)23-19-9-10-22-20-12-15(2)5-7-18(19)20/h5-10,12-13,25H,4,11,14H2,1-3H3,(H,22,23). The molecule has 2 aromatic carbocycles. The van der Waals surface area contributed by atoms with Gasteiger partial charge in [-0.25, -0.2) is 0 Å². The molecule has 3 aromatic rings. The molecule has 0 unspecified atom stereocenters. The van der Waals surface area contributed by atoms with Crippen molar-refractivity contribution in [2.24, 2.45) is 0 Å². The number of benzene rings is 2. The van der Waals surface area contributed by atoms with E-state index in [4.69, 9.17) is 0 Å². The summed E-state index contributed by atoms with van der Waals surface area (Å²) in [7, 11) is 2.07. The first-order chi connectivity index (χ1) is 12.1. The van der Waals surface area contributed by atoms with Crippen molar-refractivity contribution in [2.45, 2.75) is 26.8 Å². The van der Waals surface area contributed by atoms with Gasteiger partial charge in [-0.15, -0.1) is 0 Å². The molecule has 0 amide bonds. The molecule has 0 spiro atoms. The number of pyridine rings is 1. The third-order valence-corrected chi connectivity index (χ3v) is 4.30. The quantitative estimate of drug-likeness (QED) is 0.633. The largest absolute Gasteiger partial charge is 0.508 e. The maximum atomic E-state index is 10.2. The number of anilines is 2. The Kier molecular flexibility index (Phi) is 5.19. The first kappa shape index (κ1) is 17.2. The number of aromatic hydroxyl groups is 1. The summed E-state index contributed by atoms with van der Waals surface area (Å²) in [6.07, 6.45) is 2.91. The number of rotatable bonds is 6. The number of aromatic nitrogens is 1. The molecule has 25 heavy (non-hydrogen) atoms. The van der Waals surface area contributed by atoms with E-state index >= 15 is 0 Å². The van der Waals surface area contributed by atoms with Crippen LogP contribution < -0.4 is 5.32 Å². The molecule has 0 saturated heterocycles. The zero-order valence-corrected chi connectivity index (χ0v) is 15.1. The molecule has 0 radical (unpaired) electrons. The summed E-state index contributed by atoms with van der Waals surface area (Å²) in [5.74, 6) is 0.337. The maximum absolute atomic E-state index is 10.2. The number of phenolic OH excluding ortho intramolecular Hbond substituents is 1. The number of nitrogens with one attached hydrogen (secondary N) is 1. The summed E-state index contributed by atoms with van der Waals surface area (Å²) >= 11 is 0. The van der Waals surface area contributed by atoms with E-state index < -0.39 is 0 Å². The summed E-state index contributed by atoms with van der Waals surface area (Å²) in [5.41, 5.74) is 5.08. The van der Waals surface area contributed by atoms with E-state index in [1.807, 2.05) is 24.4 Å². The van der Waals surface area contributed by atoms with Crippen molar-refractivity contribution in [3.05, 3.63) is 59.8 Å². The smallest absolute Gasteiger partial charge is 0.120 e. The SMILES string of the molecule is CCCN(C)Cc1cc(Nc2ccnc3cc(C)ccc23)ccc1O. The second-order valence-corrected chi connectivity index (χ2v) is 6.59. The Labute approximate surface area is 149 Å². The van der Waals surface area contributed by atoms with Crippen LogP contribution in [0.2, 0.25) is 0 Å². The minimum atomic E-state index is 0.337. The van der Waals surface area contributed by atoms with Crippen molar-refractivity contribution in [1.82, 2.24) is 9.88 Å². The molecule has 0 saturated carbocycles. The third kappa shape index (κ3) is 4.09. The highest BCUT2D eigenvalue weighted by atomic mass is 16.3. The first-order valence-electron chi connectivity index (χ1n) is 8.69. The second kappa shape index (κ2) is 7.53. The highest BCUT2D eigenvalue weighted by Gasteiger charge is 2.08. The molecular formula is C21H25N3O. The van der Waals surface area contributed by atoms with Crippen LogP contribution in [0.25, 0.3) is 10.9 Å². The van der Waals surface area contributed by atoms with Crippen molar-refractivity contribution in [1.29, 1.82) is 0 Å². The first-order valence-corrected chi connectivity index (χ1v) is 8.69. The summed E-state index contributed by atoms with van der Waals surface area (Å²) in [6, 6.07) is 13.9. The van der Waals surface area contributed by atoms with Crippen LogP contribution in [-0.2, 0) is 6.54 Å². The van der Waals surface area contributed by atoms with Gasteiger partial charge in [0.1, 0.15) is 5.75 Å². The molecular weight excluding hydrogens is 310 g/mol. The van der Waals surface area contributed by atoms with E-state index in [2.05, 4.69) is 54.3 Å². The lowest BCUT2D eigenvalue weighted by Gasteiger charge is -2.17. The van der Waals surface area contributed by atoms with E-state index in [9.17, 15) is 5.11 Å². The van der Waals surface area contributed by atoms with Gasteiger partial charge in [-0.05, 0) is 62.8 Å². The average molecular weight is 335 g/mol. The molecule has 0 atom stereocenters. The Bertz CT molecular complexity index is 876. The van der Waals surface area contributed by atoms with Gasteiger partial charge in [-0.1, -0.05) is 19.1 Å². The van der Waals surface area contributed by atoms with Crippen molar-refractivity contribution in [3.8, 4) is 5.75 Å². The molecule has 4 nitrogen and oxygen atoms in total. The zero-order chi connectivity index (χ0) is 17.8. The van der Waals surface area contributed by atoms with Gasteiger partial charge in [-0.2, -0.15) is 0 Å². The third-order valence-electron chi connectivity index (χ3n) is 4.30. The maximum Gasteiger partial charge on any atom is 0.120 e. The molecule has 0 aliphatic rings. The number of hydrogen-bond donors (Lipinski definition) is 2. The molecule has 130 valence electrons. The van der Waals surface area contributed by atoms with Gasteiger partial charge in [0.25, 0.3) is 0 Å². The minimum absolute atomic E-state index is 0.337. The lowest BCUT2D eigenvalue weighted by molar-refractivity contribution is 0.321. The van der Waals surface area contributed by atoms with Crippen LogP contribution >= 0.6 is 0 Å². The van der Waals surface area contributed by atoms with Crippen LogP contribution in [0.15, 0.2) is 48.7 Å². The van der Waals surface area contributed by atoms with Gasteiger partial charge in [0.15, 0.2) is 0 Å². The molecule has 3 rings (SSSR count). The predicted molar refractivity (Wildman–Crippen MR) is 104 cm³/mol. The Balaban J connectivity index is 1.88. The van der Waals surface area contributed by atoms with Crippen molar-refractivity contribution >= 4 is 22.3 Å². The summed E-state index contributed by atoms with van der Waals surface area (Å²) in [5, 5.41) is 14.7. The van der Waals surface area contributed by atoms with E-state index in [0.717, 1.165) is 47.4 Å². The van der Waals surface area contributed by atoms with Crippen LogP contribution in [0.5, 0.6) is 5.75 Å². The Hall–Kier alpha value is -2.59. The normalized spacial score (nSPS) is 11.2. The Morgan fingerprint density at radius 3 is 2.76 bits per heavy atom. The predicted octanol–water partition coefficient (Wildman–Crippen LogP) is 4.83. The van der Waals surface area contributed by atoms with Gasteiger partial charge in [0.05, 0.1) is 5.52 Å². The summed E-state index contributed by atoms with van der Waals surface area (Å²) < 4.78 is 0. The highest BCUT2D eigenvalue weighted by molar-refractivity contribution is 5.93. The Morgan fingerprint density at radius 2 is 1.96 bits per heavy atom. The molecule has 0 aliphatic carbocycles. The van der Waals surface area contributed by atoms with Gasteiger partial charge < -0.3 is 15.3 Å². The Morgan fingerprint density at radius 1 is 1.12 bits per heavy atom. The molecule has 1 heterocycles. The van der Waals surface area contributed by atoms with Crippen LogP contribution in [-0.4, -0.2) is 28.6 Å². The van der Waals surface area contributed by atoms with Crippen molar-refractivity contribution in [2.75, 3.05) is 18.9 Å². The van der Waals surface area contributed by atoms with Crippen molar-refractivity contribution < 1.29 is 5.11 Å². The minimum Gasteiger partial charge on any atom is -0.508 e. The number of hydrogen-bond acceptors (Lipinski definition) is 4. The van der Waals surface area contributed by atoms with Gasteiger partial charge in [-0.3, -0.25) is 4.98 Å². The number of aryl methyl sites for hydroxylation is 1. The second-order valence-electron chi connectivity index (χ2n) is 6.59. The van der Waals surface area contributed by atoms with Crippen molar-refractivity contribution in [3.63, 3.8) is 0 Å². The van der Waals surface area contributed by atoms with E-state index in [1.54, 1.807) is 6.07 Å². The highest BCUT2D eigenvalue weighted by Crippen LogP contribution is 2.28. The molecule has 1 aromatic heterocycles. The summed E-state index contributed by atoms with van der Waals surface area (Å²) in [6.45, 7) is 5.96. The van der Waals surface area contributed by atoms with E-state index in [0.29, 0.717) is 5.75 Å². The fourth-order valence-electron chi connectivity index (χ4n) is 3.06. The van der Waals surface area contributed by atoms with Gasteiger partial charge in [0.2, 0.25) is 0 Å². The fraction of sp³-hybridized carbons (Fsp3) is 0.286. The van der Waals surface area contributed by atoms with Gasteiger partial charge >= 0.3 is 0 Å². The molecule has 0 fully saturated rings. The van der Waals surface area contributed by atoms with E-state index in [1.165, 1.54) is 5.56 Å². The molecule has 0 aliphatic heterocycles. The van der Waals surface area contributed by atoms with Crippen LogP contribution in [0.3, 0.4) is 0 Å². The average Bonchev–Trinajstić information content (AvgIpc) is 2.58. The number of phenols is 1. The number of fused-ring (bicyclic) bond motifs is 1. The summed E-state index contributed by atoms with van der Waals surface area (Å²) in [4.78, 5) is 6.66. The van der Waals surface area contributed by atoms with E-state index in [-0.39, 0.29) is 0 Å². The zero-order valence-electron chi connectivity index (χ0n) is 15.1.